The van der Waals surface area contributed by atoms with E-state index in [1.165, 1.54) is 0 Å². The van der Waals surface area contributed by atoms with Gasteiger partial charge in [0.15, 0.2) is 6.29 Å². The average molecular weight is 287 g/mol. The van der Waals surface area contributed by atoms with Crippen LogP contribution >= 0.6 is 23.2 Å². The maximum Gasteiger partial charge on any atom is 0.321 e. The number of aliphatic hydroxyl groups is 1. The summed E-state index contributed by atoms with van der Waals surface area (Å²) in [4.78, 5) is 21.8. The molecule has 0 amide bonds. The number of rotatable bonds is 5. The molecule has 0 spiro atoms. The molecule has 1 saturated heterocycles. The van der Waals surface area contributed by atoms with Gasteiger partial charge in [-0.3, -0.25) is 9.59 Å². The third-order valence-electron chi connectivity index (χ3n) is 2.09. The van der Waals surface area contributed by atoms with Gasteiger partial charge in [-0.2, -0.15) is 0 Å². The first-order chi connectivity index (χ1) is 8.06. The normalized spacial score (nSPS) is 27.8. The lowest BCUT2D eigenvalue weighted by Crippen LogP contribution is -2.32. The van der Waals surface area contributed by atoms with Crippen molar-refractivity contribution in [3.63, 3.8) is 0 Å². The van der Waals surface area contributed by atoms with E-state index in [0.29, 0.717) is 0 Å². The van der Waals surface area contributed by atoms with E-state index >= 15 is 0 Å². The molecule has 6 nitrogen and oxygen atoms in total. The van der Waals surface area contributed by atoms with Gasteiger partial charge in [-0.15, -0.1) is 23.2 Å². The van der Waals surface area contributed by atoms with Crippen LogP contribution in [0.2, 0.25) is 0 Å². The molecule has 0 radical (unpaired) electrons. The van der Waals surface area contributed by atoms with Crippen LogP contribution in [0.3, 0.4) is 0 Å². The maximum absolute atomic E-state index is 11.0. The van der Waals surface area contributed by atoms with Gasteiger partial charge >= 0.3 is 11.9 Å². The number of esters is 2. The van der Waals surface area contributed by atoms with Gasteiger partial charge in [0, 0.05) is 6.42 Å². The second kappa shape index (κ2) is 7.00. The SMILES string of the molecule is O=C(CCl)OC[C@H]1OC(O)C[C@@H]1OC(=O)CCl. The molecular formula is C9H12Cl2O6. The smallest absolute Gasteiger partial charge is 0.321 e. The van der Waals surface area contributed by atoms with E-state index in [1.54, 1.807) is 0 Å². The van der Waals surface area contributed by atoms with Gasteiger partial charge in [-0.1, -0.05) is 0 Å². The van der Waals surface area contributed by atoms with Crippen molar-refractivity contribution in [3.05, 3.63) is 0 Å². The van der Waals surface area contributed by atoms with Gasteiger partial charge in [0.2, 0.25) is 0 Å². The molecule has 8 heteroatoms. The zero-order chi connectivity index (χ0) is 12.8. The van der Waals surface area contributed by atoms with Crippen molar-refractivity contribution >= 4 is 35.1 Å². The Balaban J connectivity index is 2.44. The van der Waals surface area contributed by atoms with Crippen molar-refractivity contribution in [1.29, 1.82) is 0 Å². The minimum Gasteiger partial charge on any atom is -0.462 e. The first-order valence-electron chi connectivity index (χ1n) is 4.87. The van der Waals surface area contributed by atoms with Crippen LogP contribution in [0.1, 0.15) is 6.42 Å². The molecule has 98 valence electrons. The highest BCUT2D eigenvalue weighted by atomic mass is 35.5. The molecule has 1 unspecified atom stereocenters. The number of carbonyl (C=O) groups is 2. The fourth-order valence-electron chi connectivity index (χ4n) is 1.38. The number of ether oxygens (including phenoxy) is 3. The van der Waals surface area contributed by atoms with E-state index in [0.717, 1.165) is 0 Å². The predicted octanol–water partition coefficient (Wildman–Crippen LogP) is 0.0263. The Morgan fingerprint density at radius 2 is 1.94 bits per heavy atom. The zero-order valence-corrected chi connectivity index (χ0v) is 10.3. The summed E-state index contributed by atoms with van der Waals surface area (Å²) in [6.07, 6.45) is -2.32. The molecule has 3 atom stereocenters. The summed E-state index contributed by atoms with van der Waals surface area (Å²) in [5, 5.41) is 9.26. The van der Waals surface area contributed by atoms with Crippen LogP contribution < -0.4 is 0 Å². The van der Waals surface area contributed by atoms with Gasteiger partial charge < -0.3 is 19.3 Å². The van der Waals surface area contributed by atoms with Crippen molar-refractivity contribution in [2.75, 3.05) is 18.4 Å². The van der Waals surface area contributed by atoms with E-state index < -0.39 is 30.4 Å². The first kappa shape index (κ1) is 14.5. The molecule has 1 aliphatic rings. The van der Waals surface area contributed by atoms with Gasteiger partial charge in [0.1, 0.15) is 30.6 Å². The Bertz CT molecular complexity index is 285. The highest BCUT2D eigenvalue weighted by molar-refractivity contribution is 6.26. The number of hydrogen-bond acceptors (Lipinski definition) is 6. The van der Waals surface area contributed by atoms with Crippen molar-refractivity contribution in [2.24, 2.45) is 0 Å². The molecule has 1 aliphatic heterocycles. The molecular weight excluding hydrogens is 275 g/mol. The van der Waals surface area contributed by atoms with Crippen LogP contribution in [0.25, 0.3) is 0 Å². The van der Waals surface area contributed by atoms with E-state index in [1.807, 2.05) is 0 Å². The molecule has 1 rings (SSSR count). The first-order valence-corrected chi connectivity index (χ1v) is 5.94. The average Bonchev–Trinajstić information content (AvgIpc) is 2.66. The topological polar surface area (TPSA) is 82.1 Å². The van der Waals surface area contributed by atoms with Crippen LogP contribution in [0.15, 0.2) is 0 Å². The number of aliphatic hydroxyl groups excluding tert-OH is 1. The van der Waals surface area contributed by atoms with Crippen molar-refractivity contribution in [1.82, 2.24) is 0 Å². The Labute approximate surface area is 108 Å². The van der Waals surface area contributed by atoms with Gasteiger partial charge in [-0.05, 0) is 0 Å². The summed E-state index contributed by atoms with van der Waals surface area (Å²) in [7, 11) is 0. The number of carbonyl (C=O) groups excluding carboxylic acids is 2. The number of alkyl halides is 2. The van der Waals surface area contributed by atoms with E-state index in [9.17, 15) is 14.7 Å². The molecule has 0 bridgehead atoms. The van der Waals surface area contributed by atoms with Gasteiger partial charge in [0.05, 0.1) is 0 Å². The Kier molecular flexibility index (Phi) is 5.97. The minimum absolute atomic E-state index is 0.117. The van der Waals surface area contributed by atoms with Crippen molar-refractivity contribution in [2.45, 2.75) is 24.9 Å². The molecule has 0 aliphatic carbocycles. The fourth-order valence-corrected chi connectivity index (χ4v) is 1.52. The number of hydrogen-bond donors (Lipinski definition) is 1. The molecule has 0 aromatic heterocycles. The third-order valence-corrected chi connectivity index (χ3v) is 2.53. The summed E-state index contributed by atoms with van der Waals surface area (Å²) < 4.78 is 14.7. The molecule has 0 aromatic rings. The summed E-state index contributed by atoms with van der Waals surface area (Å²) in [6.45, 7) is -0.136. The second-order valence-electron chi connectivity index (χ2n) is 3.34. The fraction of sp³-hybridized carbons (Fsp3) is 0.778. The third kappa shape index (κ3) is 4.67. The highest BCUT2D eigenvalue weighted by Crippen LogP contribution is 2.22. The highest BCUT2D eigenvalue weighted by Gasteiger charge is 2.37. The molecule has 17 heavy (non-hydrogen) atoms. The lowest BCUT2D eigenvalue weighted by atomic mass is 10.2. The van der Waals surface area contributed by atoms with Gasteiger partial charge in [0.25, 0.3) is 0 Å². The van der Waals surface area contributed by atoms with E-state index in [-0.39, 0.29) is 24.8 Å². The molecule has 0 aromatic carbocycles. The predicted molar refractivity (Wildman–Crippen MR) is 57.8 cm³/mol. The van der Waals surface area contributed by atoms with E-state index in [4.69, 9.17) is 37.4 Å². The Morgan fingerprint density at radius 3 is 2.53 bits per heavy atom. The minimum atomic E-state index is -1.05. The Hall–Kier alpha value is -0.560. The van der Waals surface area contributed by atoms with E-state index in [2.05, 4.69) is 0 Å². The molecule has 1 fully saturated rings. The van der Waals surface area contributed by atoms with Crippen LogP contribution in [0.4, 0.5) is 0 Å². The van der Waals surface area contributed by atoms with Crippen LogP contribution in [0, 0.1) is 0 Å². The Morgan fingerprint density at radius 1 is 1.29 bits per heavy atom. The number of halogens is 2. The van der Waals surface area contributed by atoms with Gasteiger partial charge in [-0.25, -0.2) is 0 Å². The lowest BCUT2D eigenvalue weighted by Gasteiger charge is -2.17. The quantitative estimate of drug-likeness (QED) is 0.567. The molecule has 0 saturated carbocycles. The molecule has 1 N–H and O–H groups in total. The van der Waals surface area contributed by atoms with Crippen LogP contribution in [-0.2, 0) is 23.8 Å². The second-order valence-corrected chi connectivity index (χ2v) is 3.88. The van der Waals surface area contributed by atoms with Crippen molar-refractivity contribution in [3.8, 4) is 0 Å². The van der Waals surface area contributed by atoms with Crippen LogP contribution in [0.5, 0.6) is 0 Å². The summed E-state index contributed by atoms with van der Waals surface area (Å²) >= 11 is 10.5. The zero-order valence-electron chi connectivity index (χ0n) is 8.80. The maximum atomic E-state index is 11.0. The summed E-state index contributed by atoms with van der Waals surface area (Å²) in [5.41, 5.74) is 0. The summed E-state index contributed by atoms with van der Waals surface area (Å²) in [6, 6.07) is 0. The standard InChI is InChI=1S/C9H12Cl2O6/c10-2-8(13)15-4-6-5(1-7(12)17-6)16-9(14)3-11/h5-7,12H,1-4H2/t5-,6+,7?/m0/s1. The largest absolute Gasteiger partial charge is 0.462 e. The molecule has 1 heterocycles. The summed E-state index contributed by atoms with van der Waals surface area (Å²) in [5.74, 6) is -1.80. The van der Waals surface area contributed by atoms with Crippen molar-refractivity contribution < 1.29 is 28.9 Å². The lowest BCUT2D eigenvalue weighted by molar-refractivity contribution is -0.158. The monoisotopic (exact) mass is 286 g/mol. The van der Waals surface area contributed by atoms with Crippen LogP contribution in [-0.4, -0.2) is 53.9 Å².